The smallest absolute Gasteiger partial charge is 0.330 e. The number of carbonyl (C=O) groups excluding carboxylic acids is 1. The van der Waals surface area contributed by atoms with Crippen molar-refractivity contribution in [3.8, 4) is 0 Å². The Morgan fingerprint density at radius 2 is 1.68 bits per heavy atom. The van der Waals surface area contributed by atoms with Gasteiger partial charge in [0, 0.05) is 10.6 Å². The molecule has 0 atom stereocenters. The fraction of sp³-hybridized carbons (Fsp3) is 0.480. The van der Waals surface area contributed by atoms with Crippen LogP contribution in [-0.4, -0.2) is 12.6 Å². The minimum Gasteiger partial charge on any atom is -0.463 e. The molecule has 0 saturated heterocycles. The van der Waals surface area contributed by atoms with Crippen LogP contribution >= 0.6 is 15.9 Å². The highest BCUT2D eigenvalue weighted by Crippen LogP contribution is 2.46. The molecular weight excluding hydrogens is 412 g/mol. The molecule has 0 amide bonds. The fourth-order valence-corrected chi connectivity index (χ4v) is 4.07. The zero-order valence-electron chi connectivity index (χ0n) is 18.3. The number of esters is 1. The van der Waals surface area contributed by atoms with Crippen LogP contribution in [0.2, 0.25) is 0 Å². The quantitative estimate of drug-likeness (QED) is 0.272. The van der Waals surface area contributed by atoms with Gasteiger partial charge in [0.2, 0.25) is 0 Å². The maximum Gasteiger partial charge on any atom is 0.330 e. The molecule has 1 aromatic rings. The molecule has 0 N–H and O–H groups in total. The van der Waals surface area contributed by atoms with E-state index in [0.717, 1.165) is 10.1 Å². The predicted octanol–water partition coefficient (Wildman–Crippen LogP) is 7.23. The average molecular weight is 445 g/mol. The molecule has 0 unspecified atom stereocenters. The van der Waals surface area contributed by atoms with E-state index in [4.69, 9.17) is 4.74 Å². The van der Waals surface area contributed by atoms with E-state index in [1.54, 1.807) is 6.92 Å². The van der Waals surface area contributed by atoms with Crippen LogP contribution in [0.3, 0.4) is 0 Å². The summed E-state index contributed by atoms with van der Waals surface area (Å²) in [6.45, 7) is 15.6. The van der Waals surface area contributed by atoms with E-state index in [0.29, 0.717) is 6.61 Å². The van der Waals surface area contributed by atoms with Crippen LogP contribution in [0.4, 0.5) is 0 Å². The Bertz CT molecular complexity index is 838. The minimum absolute atomic E-state index is 0.197. The molecule has 1 aromatic carbocycles. The highest BCUT2D eigenvalue weighted by Gasteiger charge is 2.36. The van der Waals surface area contributed by atoms with Gasteiger partial charge in [-0.05, 0) is 78.4 Å². The summed E-state index contributed by atoms with van der Waals surface area (Å²) in [7, 11) is 0. The summed E-state index contributed by atoms with van der Waals surface area (Å²) in [6.07, 6.45) is 7.86. The van der Waals surface area contributed by atoms with Gasteiger partial charge in [-0.15, -0.1) is 0 Å². The lowest BCUT2D eigenvalue weighted by Gasteiger charge is -2.42. The topological polar surface area (TPSA) is 26.3 Å². The number of benzene rings is 1. The summed E-state index contributed by atoms with van der Waals surface area (Å²) in [5.41, 5.74) is 6.63. The van der Waals surface area contributed by atoms with Crippen molar-refractivity contribution in [3.63, 3.8) is 0 Å². The van der Waals surface area contributed by atoms with Gasteiger partial charge < -0.3 is 4.74 Å². The second kappa shape index (κ2) is 8.82. The summed E-state index contributed by atoms with van der Waals surface area (Å²) in [5.74, 6) is -0.305. The first-order chi connectivity index (χ1) is 13.0. The Morgan fingerprint density at radius 1 is 1.07 bits per heavy atom. The van der Waals surface area contributed by atoms with Gasteiger partial charge in [0.25, 0.3) is 0 Å². The molecule has 0 bridgehead atoms. The molecule has 2 nitrogen and oxygen atoms in total. The molecule has 0 radical (unpaired) electrons. The Balaban J connectivity index is 2.34. The zero-order valence-corrected chi connectivity index (χ0v) is 19.9. The van der Waals surface area contributed by atoms with E-state index >= 15 is 0 Å². The van der Waals surface area contributed by atoms with Gasteiger partial charge in [-0.1, -0.05) is 67.9 Å². The SMILES string of the molecule is CCOC(=O)C=C(C)C=CC(Br)=C(C)c1ccc2c(c1)C(C)(C)CCC2(C)C. The minimum atomic E-state index is -0.305. The lowest BCUT2D eigenvalue weighted by Crippen LogP contribution is -2.33. The third-order valence-electron chi connectivity index (χ3n) is 5.77. The van der Waals surface area contributed by atoms with Gasteiger partial charge in [0.1, 0.15) is 0 Å². The summed E-state index contributed by atoms with van der Waals surface area (Å²) in [5, 5.41) is 0. The van der Waals surface area contributed by atoms with Gasteiger partial charge in [0.05, 0.1) is 6.61 Å². The van der Waals surface area contributed by atoms with Crippen molar-refractivity contribution in [2.45, 2.75) is 72.1 Å². The van der Waals surface area contributed by atoms with Crippen LogP contribution in [0.15, 0.2) is 46.5 Å². The number of hydrogen-bond donors (Lipinski definition) is 0. The number of fused-ring (bicyclic) bond motifs is 1. The summed E-state index contributed by atoms with van der Waals surface area (Å²) in [4.78, 5) is 11.5. The van der Waals surface area contributed by atoms with Crippen molar-refractivity contribution in [1.82, 2.24) is 0 Å². The molecule has 152 valence electrons. The van der Waals surface area contributed by atoms with Crippen molar-refractivity contribution in [1.29, 1.82) is 0 Å². The van der Waals surface area contributed by atoms with Crippen molar-refractivity contribution < 1.29 is 9.53 Å². The third kappa shape index (κ3) is 5.26. The van der Waals surface area contributed by atoms with E-state index < -0.39 is 0 Å². The van der Waals surface area contributed by atoms with Crippen molar-refractivity contribution in [3.05, 3.63) is 63.2 Å². The van der Waals surface area contributed by atoms with Crippen LogP contribution in [0.5, 0.6) is 0 Å². The Labute approximate surface area is 178 Å². The first-order valence-electron chi connectivity index (χ1n) is 10.0. The van der Waals surface area contributed by atoms with Gasteiger partial charge in [0.15, 0.2) is 0 Å². The number of rotatable bonds is 5. The second-order valence-corrected chi connectivity index (χ2v) is 9.83. The normalized spacial score (nSPS) is 19.2. The van der Waals surface area contributed by atoms with Gasteiger partial charge in [-0.3, -0.25) is 0 Å². The van der Waals surface area contributed by atoms with Crippen molar-refractivity contribution in [2.24, 2.45) is 0 Å². The first-order valence-corrected chi connectivity index (χ1v) is 10.8. The van der Waals surface area contributed by atoms with Crippen molar-refractivity contribution >= 4 is 27.5 Å². The highest BCUT2D eigenvalue weighted by molar-refractivity contribution is 9.12. The maximum absolute atomic E-state index is 11.5. The van der Waals surface area contributed by atoms with Crippen LogP contribution < -0.4 is 0 Å². The van der Waals surface area contributed by atoms with E-state index in [1.165, 1.54) is 41.2 Å². The lowest BCUT2D eigenvalue weighted by molar-refractivity contribution is -0.137. The number of ether oxygens (including phenoxy) is 1. The second-order valence-electron chi connectivity index (χ2n) is 8.97. The van der Waals surface area contributed by atoms with Gasteiger partial charge >= 0.3 is 5.97 Å². The van der Waals surface area contributed by atoms with Gasteiger partial charge in [-0.25, -0.2) is 4.79 Å². The summed E-state index contributed by atoms with van der Waals surface area (Å²) in [6, 6.07) is 6.90. The lowest BCUT2D eigenvalue weighted by atomic mass is 9.63. The monoisotopic (exact) mass is 444 g/mol. The molecule has 28 heavy (non-hydrogen) atoms. The molecular formula is C25H33BrO2. The third-order valence-corrected chi connectivity index (χ3v) is 6.63. The van der Waals surface area contributed by atoms with Crippen LogP contribution in [0.25, 0.3) is 5.57 Å². The summed E-state index contributed by atoms with van der Waals surface area (Å²) < 4.78 is 5.96. The number of hydrogen-bond acceptors (Lipinski definition) is 2. The predicted molar refractivity (Wildman–Crippen MR) is 123 cm³/mol. The van der Waals surface area contributed by atoms with E-state index in [2.05, 4.69) is 68.7 Å². The molecule has 1 aliphatic rings. The zero-order chi connectivity index (χ0) is 21.1. The Kier molecular flexibility index (Phi) is 7.14. The molecule has 0 aromatic heterocycles. The van der Waals surface area contributed by atoms with Crippen LogP contribution in [-0.2, 0) is 20.4 Å². The average Bonchev–Trinajstić information content (AvgIpc) is 2.63. The molecule has 0 heterocycles. The summed E-state index contributed by atoms with van der Waals surface area (Å²) >= 11 is 3.70. The maximum atomic E-state index is 11.5. The van der Waals surface area contributed by atoms with E-state index in [-0.39, 0.29) is 16.8 Å². The number of halogens is 1. The van der Waals surface area contributed by atoms with Crippen LogP contribution in [0.1, 0.15) is 78.0 Å². The Hall–Kier alpha value is -1.61. The highest BCUT2D eigenvalue weighted by atomic mass is 79.9. The number of carbonyl (C=O) groups is 1. The molecule has 0 aliphatic heterocycles. The standard InChI is InChI=1S/C25H33BrO2/c1-8-28-23(27)15-17(2)9-12-22(26)18(3)19-10-11-20-21(16-19)25(6,7)14-13-24(20,4)5/h9-12,15-16H,8,13-14H2,1-7H3. The Morgan fingerprint density at radius 3 is 2.29 bits per heavy atom. The molecule has 0 spiro atoms. The molecule has 0 fully saturated rings. The largest absolute Gasteiger partial charge is 0.463 e. The molecule has 1 aliphatic carbocycles. The molecule has 3 heteroatoms. The van der Waals surface area contributed by atoms with E-state index in [9.17, 15) is 4.79 Å². The molecule has 2 rings (SSSR count). The fourth-order valence-electron chi connectivity index (χ4n) is 3.71. The van der Waals surface area contributed by atoms with Crippen molar-refractivity contribution in [2.75, 3.05) is 6.61 Å². The van der Waals surface area contributed by atoms with Crippen LogP contribution in [0, 0.1) is 0 Å². The number of allylic oxidation sites excluding steroid dienone is 5. The first kappa shape index (κ1) is 22.7. The molecule has 0 saturated carbocycles. The van der Waals surface area contributed by atoms with Gasteiger partial charge in [-0.2, -0.15) is 0 Å². The van der Waals surface area contributed by atoms with E-state index in [1.807, 2.05) is 19.1 Å².